The van der Waals surface area contributed by atoms with E-state index in [1.807, 2.05) is 32.9 Å². The fourth-order valence-electron chi connectivity index (χ4n) is 2.50. The molecule has 7 heteroatoms. The van der Waals surface area contributed by atoms with Gasteiger partial charge in [0.1, 0.15) is 5.82 Å². The molecule has 0 saturated heterocycles. The monoisotopic (exact) mass is 337 g/mol. The molecule has 0 spiro atoms. The number of nitrogens with one attached hydrogen (secondary N) is 1. The highest BCUT2D eigenvalue weighted by Gasteiger charge is 2.10. The molecule has 3 aromatic rings. The Bertz CT molecular complexity index is 916. The van der Waals surface area contributed by atoms with Crippen LogP contribution in [0.2, 0.25) is 0 Å². The largest absolute Gasteiger partial charge is 0.478 e. The molecule has 2 heterocycles. The zero-order chi connectivity index (χ0) is 18.0. The summed E-state index contributed by atoms with van der Waals surface area (Å²) in [6, 6.07) is 10.4. The number of anilines is 2. The number of carboxylic acids is 1. The van der Waals surface area contributed by atoms with Crippen molar-refractivity contribution < 1.29 is 9.90 Å². The van der Waals surface area contributed by atoms with Gasteiger partial charge in [-0.2, -0.15) is 10.1 Å². The average Bonchev–Trinajstić information content (AvgIpc) is 2.93. The Morgan fingerprint density at radius 2 is 1.88 bits per heavy atom. The van der Waals surface area contributed by atoms with Crippen LogP contribution in [0.4, 0.5) is 11.5 Å². The number of carboxylic acid groups (broad SMARTS) is 1. The summed E-state index contributed by atoms with van der Waals surface area (Å²) in [4.78, 5) is 20.0. The van der Waals surface area contributed by atoms with Crippen LogP contribution in [0, 0.1) is 13.8 Å². The summed E-state index contributed by atoms with van der Waals surface area (Å²) < 4.78 is 1.72. The molecule has 2 N–H and O–H groups in total. The Balaban J connectivity index is 1.94. The summed E-state index contributed by atoms with van der Waals surface area (Å²) in [5, 5.41) is 16.6. The summed E-state index contributed by atoms with van der Waals surface area (Å²) in [6.45, 7) is 5.91. The number of aromatic nitrogens is 4. The lowest BCUT2D eigenvalue weighted by molar-refractivity contribution is 0.0697. The van der Waals surface area contributed by atoms with Crippen molar-refractivity contribution in [2.24, 2.45) is 0 Å². The van der Waals surface area contributed by atoms with Gasteiger partial charge in [0.25, 0.3) is 5.95 Å². The predicted octanol–water partition coefficient (Wildman–Crippen LogP) is 3.28. The molecule has 3 rings (SSSR count). The molecule has 0 aliphatic rings. The highest BCUT2D eigenvalue weighted by molar-refractivity contribution is 5.88. The highest BCUT2D eigenvalue weighted by atomic mass is 16.4. The lowest BCUT2D eigenvalue weighted by atomic mass is 10.2. The van der Waals surface area contributed by atoms with Crippen LogP contribution in [0.5, 0.6) is 0 Å². The van der Waals surface area contributed by atoms with E-state index in [-0.39, 0.29) is 5.56 Å². The van der Waals surface area contributed by atoms with Crippen LogP contribution < -0.4 is 5.32 Å². The van der Waals surface area contributed by atoms with Gasteiger partial charge in [-0.25, -0.2) is 14.5 Å². The molecule has 0 atom stereocenters. The van der Waals surface area contributed by atoms with E-state index < -0.39 is 5.97 Å². The van der Waals surface area contributed by atoms with E-state index >= 15 is 0 Å². The van der Waals surface area contributed by atoms with Gasteiger partial charge in [-0.05, 0) is 50.6 Å². The average molecular weight is 337 g/mol. The first-order valence-corrected chi connectivity index (χ1v) is 7.98. The first-order valence-electron chi connectivity index (χ1n) is 7.98. The number of aromatic carboxylic acids is 1. The molecule has 0 bridgehead atoms. The number of rotatable bonds is 5. The van der Waals surface area contributed by atoms with Crippen molar-refractivity contribution in [1.82, 2.24) is 19.7 Å². The number of carbonyl (C=O) groups is 1. The SMILES string of the molecule is CCc1cc(Nc2ccc(C(=O)O)cc2)nc(-n2nc(C)cc2C)n1. The summed E-state index contributed by atoms with van der Waals surface area (Å²) in [7, 11) is 0. The Hall–Kier alpha value is -3.22. The van der Waals surface area contributed by atoms with Crippen LogP contribution in [-0.4, -0.2) is 30.8 Å². The van der Waals surface area contributed by atoms with E-state index in [2.05, 4.69) is 20.4 Å². The molecule has 0 saturated carbocycles. The maximum absolute atomic E-state index is 10.9. The van der Waals surface area contributed by atoms with Crippen molar-refractivity contribution in [3.63, 3.8) is 0 Å². The summed E-state index contributed by atoms with van der Waals surface area (Å²) in [5.74, 6) is 0.195. The van der Waals surface area contributed by atoms with Crippen LogP contribution in [0.3, 0.4) is 0 Å². The zero-order valence-corrected chi connectivity index (χ0v) is 14.3. The topological polar surface area (TPSA) is 92.9 Å². The third-order valence-corrected chi connectivity index (χ3v) is 3.73. The molecule has 128 valence electrons. The second-order valence-corrected chi connectivity index (χ2v) is 5.74. The Labute approximate surface area is 145 Å². The Kier molecular flexibility index (Phi) is 4.47. The standard InChI is InChI=1S/C18H19N5O2/c1-4-14-10-16(19-15-7-5-13(6-8-15)17(24)25)21-18(20-14)23-12(3)9-11(2)22-23/h5-10H,4H2,1-3H3,(H,24,25)(H,19,20,21). The van der Waals surface area contributed by atoms with E-state index in [0.29, 0.717) is 11.8 Å². The molecule has 7 nitrogen and oxygen atoms in total. The summed E-state index contributed by atoms with van der Waals surface area (Å²) >= 11 is 0. The number of benzene rings is 1. The molecule has 2 aromatic heterocycles. The molecule has 0 amide bonds. The fourth-order valence-corrected chi connectivity index (χ4v) is 2.50. The van der Waals surface area contributed by atoms with Crippen molar-refractivity contribution in [3.8, 4) is 5.95 Å². The first kappa shape index (κ1) is 16.6. The molecule has 25 heavy (non-hydrogen) atoms. The number of hydrogen-bond donors (Lipinski definition) is 2. The van der Waals surface area contributed by atoms with Gasteiger partial charge in [0.05, 0.1) is 11.3 Å². The van der Waals surface area contributed by atoms with E-state index in [0.717, 1.165) is 29.2 Å². The molecular formula is C18H19N5O2. The Morgan fingerprint density at radius 1 is 1.16 bits per heavy atom. The van der Waals surface area contributed by atoms with E-state index in [1.165, 1.54) is 0 Å². The maximum Gasteiger partial charge on any atom is 0.335 e. The molecule has 1 aromatic carbocycles. The molecule has 0 aliphatic heterocycles. The van der Waals surface area contributed by atoms with Gasteiger partial charge in [0.15, 0.2) is 0 Å². The minimum atomic E-state index is -0.950. The minimum Gasteiger partial charge on any atom is -0.478 e. The molecule has 0 unspecified atom stereocenters. The number of aryl methyl sites for hydroxylation is 3. The van der Waals surface area contributed by atoms with Gasteiger partial charge in [-0.1, -0.05) is 6.92 Å². The molecule has 0 aliphatic carbocycles. The van der Waals surface area contributed by atoms with Crippen LogP contribution in [0.1, 0.15) is 34.4 Å². The van der Waals surface area contributed by atoms with Gasteiger partial charge in [-0.15, -0.1) is 0 Å². The molecule has 0 fully saturated rings. The van der Waals surface area contributed by atoms with Crippen molar-refractivity contribution in [1.29, 1.82) is 0 Å². The smallest absolute Gasteiger partial charge is 0.335 e. The highest BCUT2D eigenvalue weighted by Crippen LogP contribution is 2.18. The third kappa shape index (κ3) is 3.65. The second-order valence-electron chi connectivity index (χ2n) is 5.74. The third-order valence-electron chi connectivity index (χ3n) is 3.73. The summed E-state index contributed by atoms with van der Waals surface area (Å²) in [5.41, 5.74) is 3.75. The maximum atomic E-state index is 10.9. The van der Waals surface area contributed by atoms with Crippen molar-refractivity contribution in [2.45, 2.75) is 27.2 Å². The lowest BCUT2D eigenvalue weighted by Crippen LogP contribution is -2.09. The number of hydrogen-bond acceptors (Lipinski definition) is 5. The van der Waals surface area contributed by atoms with Crippen LogP contribution in [-0.2, 0) is 6.42 Å². The van der Waals surface area contributed by atoms with Crippen LogP contribution >= 0.6 is 0 Å². The van der Waals surface area contributed by atoms with E-state index in [9.17, 15) is 4.79 Å². The fraction of sp³-hybridized carbons (Fsp3) is 0.222. The van der Waals surface area contributed by atoms with Gasteiger partial charge in [-0.3, -0.25) is 0 Å². The van der Waals surface area contributed by atoms with Crippen molar-refractivity contribution in [2.75, 3.05) is 5.32 Å². The summed E-state index contributed by atoms with van der Waals surface area (Å²) in [6.07, 6.45) is 0.765. The molecule has 0 radical (unpaired) electrons. The van der Waals surface area contributed by atoms with E-state index in [1.54, 1.807) is 28.9 Å². The van der Waals surface area contributed by atoms with Gasteiger partial charge in [0.2, 0.25) is 0 Å². The lowest BCUT2D eigenvalue weighted by Gasteiger charge is -2.10. The van der Waals surface area contributed by atoms with Crippen LogP contribution in [0.15, 0.2) is 36.4 Å². The minimum absolute atomic E-state index is 0.241. The predicted molar refractivity (Wildman–Crippen MR) is 94.7 cm³/mol. The number of nitrogens with zero attached hydrogens (tertiary/aromatic N) is 4. The van der Waals surface area contributed by atoms with Gasteiger partial charge in [0, 0.05) is 23.1 Å². The second kappa shape index (κ2) is 6.72. The zero-order valence-electron chi connectivity index (χ0n) is 14.3. The van der Waals surface area contributed by atoms with Gasteiger partial charge >= 0.3 is 5.97 Å². The van der Waals surface area contributed by atoms with Gasteiger partial charge < -0.3 is 10.4 Å². The normalized spacial score (nSPS) is 10.7. The van der Waals surface area contributed by atoms with Crippen molar-refractivity contribution >= 4 is 17.5 Å². The van der Waals surface area contributed by atoms with Crippen LogP contribution in [0.25, 0.3) is 5.95 Å². The van der Waals surface area contributed by atoms with E-state index in [4.69, 9.17) is 5.11 Å². The molecular weight excluding hydrogens is 318 g/mol. The Morgan fingerprint density at radius 3 is 2.44 bits per heavy atom. The quantitative estimate of drug-likeness (QED) is 0.742. The first-order chi connectivity index (χ1) is 12.0. The van der Waals surface area contributed by atoms with Crippen molar-refractivity contribution in [3.05, 3.63) is 59.0 Å².